The Hall–Kier alpha value is -2.66. The van der Waals surface area contributed by atoms with E-state index in [1.807, 2.05) is 0 Å². The first-order valence-corrected chi connectivity index (χ1v) is 10.8. The van der Waals surface area contributed by atoms with Gasteiger partial charge in [-0.1, -0.05) is 11.8 Å². The van der Waals surface area contributed by atoms with Gasteiger partial charge in [-0.3, -0.25) is 9.78 Å². The Balaban J connectivity index is 1.68. The molecule has 0 spiro atoms. The van der Waals surface area contributed by atoms with Crippen molar-refractivity contribution in [1.29, 1.82) is 0 Å². The molecule has 0 bridgehead atoms. The molecule has 1 fully saturated rings. The number of amides is 1. The molecular weight excluding hydrogens is 448 g/mol. The van der Waals surface area contributed by atoms with Crippen molar-refractivity contribution >= 4 is 28.5 Å². The molecule has 0 saturated carbocycles. The lowest BCUT2D eigenvalue weighted by atomic mass is 9.72. The molecule has 4 rings (SSSR count). The zero-order chi connectivity index (χ0) is 23.1. The van der Waals surface area contributed by atoms with Crippen LogP contribution in [-0.2, 0) is 10.3 Å². The van der Waals surface area contributed by atoms with Crippen LogP contribution in [0.3, 0.4) is 0 Å². The first-order valence-electron chi connectivity index (χ1n) is 9.78. The Labute approximate surface area is 185 Å². The van der Waals surface area contributed by atoms with Gasteiger partial charge in [-0.05, 0) is 37.3 Å². The quantitative estimate of drug-likeness (QED) is 0.657. The van der Waals surface area contributed by atoms with Gasteiger partial charge in [-0.15, -0.1) is 0 Å². The van der Waals surface area contributed by atoms with Gasteiger partial charge in [0.15, 0.2) is 10.8 Å². The number of carbonyl (C=O) groups is 1. The number of ether oxygens (including phenoxy) is 1. The highest BCUT2D eigenvalue weighted by Gasteiger charge is 2.60. The maximum absolute atomic E-state index is 16.1. The van der Waals surface area contributed by atoms with E-state index in [9.17, 15) is 18.0 Å². The highest BCUT2D eigenvalue weighted by atomic mass is 32.2. The van der Waals surface area contributed by atoms with E-state index in [4.69, 9.17) is 10.5 Å². The Kier molecular flexibility index (Phi) is 5.89. The van der Waals surface area contributed by atoms with Crippen LogP contribution >= 0.6 is 11.8 Å². The van der Waals surface area contributed by atoms with Gasteiger partial charge in [-0.2, -0.15) is 0 Å². The average molecular weight is 468 g/mol. The van der Waals surface area contributed by atoms with Crippen molar-refractivity contribution in [2.24, 2.45) is 10.7 Å². The average Bonchev–Trinajstić information content (AvgIpc) is 2.75. The maximum atomic E-state index is 16.1. The Morgan fingerprint density at radius 1 is 1.34 bits per heavy atom. The summed E-state index contributed by atoms with van der Waals surface area (Å²) in [4.78, 5) is 20.5. The molecule has 1 amide bonds. The SMILES string of the molecule is C[C@H]1C[C@@]2(F)CSC(N)=N[C@@]2(c2cc(NC(=O)c3ccc(C(F)F)cn3)ccc2F)CO1. The number of aromatic nitrogens is 1. The summed E-state index contributed by atoms with van der Waals surface area (Å²) < 4.78 is 62.1. The van der Waals surface area contributed by atoms with E-state index in [1.165, 1.54) is 12.1 Å². The van der Waals surface area contributed by atoms with Gasteiger partial charge in [0.05, 0.1) is 12.7 Å². The summed E-state index contributed by atoms with van der Waals surface area (Å²) in [6, 6.07) is 5.95. The fourth-order valence-corrected chi connectivity index (χ4v) is 4.91. The van der Waals surface area contributed by atoms with Gasteiger partial charge < -0.3 is 15.8 Å². The Morgan fingerprint density at radius 2 is 2.12 bits per heavy atom. The monoisotopic (exact) mass is 468 g/mol. The largest absolute Gasteiger partial charge is 0.379 e. The zero-order valence-corrected chi connectivity index (χ0v) is 17.8. The molecule has 32 heavy (non-hydrogen) atoms. The molecule has 170 valence electrons. The van der Waals surface area contributed by atoms with E-state index >= 15 is 4.39 Å². The molecule has 2 aliphatic rings. The summed E-state index contributed by atoms with van der Waals surface area (Å²) in [5, 5.41) is 2.65. The van der Waals surface area contributed by atoms with Crippen LogP contribution in [0.25, 0.3) is 0 Å². The normalized spacial score (nSPS) is 27.6. The number of hydrogen-bond donors (Lipinski definition) is 2. The minimum Gasteiger partial charge on any atom is -0.379 e. The van der Waals surface area contributed by atoms with E-state index in [1.54, 1.807) is 6.92 Å². The van der Waals surface area contributed by atoms with E-state index in [-0.39, 0.29) is 52.6 Å². The number of thioether (sulfide) groups is 1. The number of nitrogens with one attached hydrogen (secondary N) is 1. The van der Waals surface area contributed by atoms with Crippen molar-refractivity contribution in [2.75, 3.05) is 17.7 Å². The summed E-state index contributed by atoms with van der Waals surface area (Å²) in [5.74, 6) is -1.42. The van der Waals surface area contributed by atoms with E-state index in [0.717, 1.165) is 36.2 Å². The Bertz CT molecular complexity index is 1070. The topological polar surface area (TPSA) is 89.6 Å². The van der Waals surface area contributed by atoms with Crippen LogP contribution in [0.4, 0.5) is 23.2 Å². The van der Waals surface area contributed by atoms with Gasteiger partial charge >= 0.3 is 0 Å². The number of anilines is 1. The number of amidine groups is 1. The van der Waals surface area contributed by atoms with Crippen LogP contribution in [0.2, 0.25) is 0 Å². The first-order chi connectivity index (χ1) is 15.1. The van der Waals surface area contributed by atoms with Crippen molar-refractivity contribution in [1.82, 2.24) is 4.98 Å². The number of benzene rings is 1. The van der Waals surface area contributed by atoms with Gasteiger partial charge in [-0.25, -0.2) is 22.6 Å². The van der Waals surface area contributed by atoms with E-state index in [2.05, 4.69) is 15.3 Å². The van der Waals surface area contributed by atoms with Crippen LogP contribution in [0.5, 0.6) is 0 Å². The minimum absolute atomic E-state index is 0.00716. The van der Waals surface area contributed by atoms with Crippen LogP contribution in [0.15, 0.2) is 41.5 Å². The van der Waals surface area contributed by atoms with Gasteiger partial charge in [0, 0.05) is 35.2 Å². The second-order valence-electron chi connectivity index (χ2n) is 7.82. The van der Waals surface area contributed by atoms with Crippen LogP contribution in [0.1, 0.15) is 41.4 Å². The molecule has 3 atom stereocenters. The highest BCUT2D eigenvalue weighted by molar-refractivity contribution is 8.13. The van der Waals surface area contributed by atoms with Crippen molar-refractivity contribution in [3.63, 3.8) is 0 Å². The zero-order valence-electron chi connectivity index (χ0n) is 16.9. The summed E-state index contributed by atoms with van der Waals surface area (Å²) in [7, 11) is 0. The second kappa shape index (κ2) is 8.36. The molecule has 2 aromatic rings. The van der Waals surface area contributed by atoms with E-state index in [0.29, 0.717) is 0 Å². The van der Waals surface area contributed by atoms with Crippen molar-refractivity contribution in [2.45, 2.75) is 37.1 Å². The number of nitrogens with two attached hydrogens (primary N) is 1. The van der Waals surface area contributed by atoms with Crippen LogP contribution in [0, 0.1) is 5.82 Å². The Morgan fingerprint density at radius 3 is 2.81 bits per heavy atom. The lowest BCUT2D eigenvalue weighted by molar-refractivity contribution is -0.107. The predicted octanol–water partition coefficient (Wildman–Crippen LogP) is 4.18. The molecule has 3 N–H and O–H groups in total. The molecule has 2 aliphatic heterocycles. The van der Waals surface area contributed by atoms with Crippen molar-refractivity contribution in [3.8, 4) is 0 Å². The maximum Gasteiger partial charge on any atom is 0.274 e. The first kappa shape index (κ1) is 22.5. The molecule has 0 unspecified atom stereocenters. The number of aliphatic imine (C=N–C) groups is 1. The highest BCUT2D eigenvalue weighted by Crippen LogP contribution is 2.52. The summed E-state index contributed by atoms with van der Waals surface area (Å²) in [6.07, 6.45) is -2.17. The number of hydrogen-bond acceptors (Lipinski definition) is 6. The molecule has 1 aromatic carbocycles. The second-order valence-corrected chi connectivity index (χ2v) is 8.81. The number of pyridine rings is 1. The molecular formula is C21H20F4N4O2S. The third-order valence-electron chi connectivity index (χ3n) is 5.62. The lowest BCUT2D eigenvalue weighted by Crippen LogP contribution is -2.60. The van der Waals surface area contributed by atoms with Crippen molar-refractivity contribution in [3.05, 3.63) is 59.2 Å². The molecule has 6 nitrogen and oxygen atoms in total. The standard InChI is InChI=1S/C21H20F4N4O2S/c1-11-7-20(25)10-32-19(26)29-21(20,9-31-11)14-6-13(3-4-15(14)22)28-18(30)16-5-2-12(8-27-16)17(23)24/h2-6,8,11,17H,7,9-10H2,1H3,(H2,26,29)(H,28,30)/t11-,20+,21+/m0/s1. The van der Waals surface area contributed by atoms with Crippen LogP contribution in [-0.4, -0.2) is 40.2 Å². The molecule has 1 aromatic heterocycles. The van der Waals surface area contributed by atoms with Gasteiger partial charge in [0.25, 0.3) is 12.3 Å². The summed E-state index contributed by atoms with van der Waals surface area (Å²) >= 11 is 1.06. The van der Waals surface area contributed by atoms with Crippen molar-refractivity contribution < 1.29 is 27.1 Å². The summed E-state index contributed by atoms with van der Waals surface area (Å²) in [5.41, 5.74) is 1.91. The molecule has 0 aliphatic carbocycles. The smallest absolute Gasteiger partial charge is 0.274 e. The number of rotatable bonds is 4. The minimum atomic E-state index is -2.71. The third kappa shape index (κ3) is 3.95. The van der Waals surface area contributed by atoms with E-state index < -0.39 is 29.4 Å². The number of nitrogens with zero attached hydrogens (tertiary/aromatic N) is 2. The number of carbonyl (C=O) groups excluding carboxylic acids is 1. The fourth-order valence-electron chi connectivity index (χ4n) is 3.96. The van der Waals surface area contributed by atoms with Gasteiger partial charge in [0.1, 0.15) is 17.1 Å². The van der Waals surface area contributed by atoms with Gasteiger partial charge in [0.2, 0.25) is 0 Å². The number of halogens is 4. The molecule has 0 radical (unpaired) electrons. The fraction of sp³-hybridized carbons (Fsp3) is 0.381. The molecule has 11 heteroatoms. The third-order valence-corrected chi connectivity index (χ3v) is 6.61. The molecule has 3 heterocycles. The summed E-state index contributed by atoms with van der Waals surface area (Å²) in [6.45, 7) is 1.52. The number of fused-ring (bicyclic) bond motifs is 1. The lowest BCUT2D eigenvalue weighted by Gasteiger charge is -2.49. The predicted molar refractivity (Wildman–Crippen MR) is 113 cm³/mol. The van der Waals surface area contributed by atoms with Crippen LogP contribution < -0.4 is 11.1 Å². The molecule has 1 saturated heterocycles. The number of alkyl halides is 3.